The topological polar surface area (TPSA) is 86.9 Å². The maximum Gasteiger partial charge on any atom is 0.243 e. The highest BCUT2D eigenvalue weighted by atomic mass is 16.1. The van der Waals surface area contributed by atoms with E-state index in [1.807, 2.05) is 25.1 Å². The van der Waals surface area contributed by atoms with Gasteiger partial charge in [-0.05, 0) is 38.5 Å². The molecule has 1 aromatic heterocycles. The first-order valence-corrected chi connectivity index (χ1v) is 5.39. The maximum atomic E-state index is 11.5. The highest BCUT2D eigenvalue weighted by Crippen LogP contribution is 2.27. The number of nitrogen functional groups attached to an aromatic ring is 1. The summed E-state index contributed by atoms with van der Waals surface area (Å²) in [5.74, 6) is -0.139. The lowest BCUT2D eigenvalue weighted by atomic mass is 10.0. The Bertz CT molecular complexity index is 598. The average Bonchev–Trinajstić information content (AvgIpc) is 2.53. The van der Waals surface area contributed by atoms with E-state index in [4.69, 9.17) is 11.5 Å². The molecule has 0 fully saturated rings. The van der Waals surface area contributed by atoms with Gasteiger partial charge in [0.15, 0.2) is 0 Å². The summed E-state index contributed by atoms with van der Waals surface area (Å²) in [6.07, 6.45) is 0. The zero-order valence-electron chi connectivity index (χ0n) is 10.2. The second-order valence-electron chi connectivity index (χ2n) is 4.72. The first-order chi connectivity index (χ1) is 7.84. The number of benzene rings is 1. The van der Waals surface area contributed by atoms with Crippen molar-refractivity contribution in [3.8, 4) is 0 Å². The van der Waals surface area contributed by atoms with Gasteiger partial charge in [0.1, 0.15) is 5.54 Å². The van der Waals surface area contributed by atoms with E-state index in [0.717, 1.165) is 16.6 Å². The molecule has 0 aliphatic carbocycles. The van der Waals surface area contributed by atoms with E-state index >= 15 is 0 Å². The molecule has 0 aliphatic rings. The van der Waals surface area contributed by atoms with Crippen LogP contribution in [-0.4, -0.2) is 15.5 Å². The molecule has 0 aliphatic heterocycles. The van der Waals surface area contributed by atoms with Crippen LogP contribution in [-0.2, 0) is 10.3 Å². The fourth-order valence-corrected chi connectivity index (χ4v) is 1.90. The van der Waals surface area contributed by atoms with Crippen molar-refractivity contribution in [2.24, 2.45) is 5.73 Å². The molecule has 2 aromatic rings. The minimum atomic E-state index is -0.896. The number of imidazole rings is 1. The lowest BCUT2D eigenvalue weighted by molar-refractivity contribution is -0.124. The van der Waals surface area contributed by atoms with Crippen molar-refractivity contribution in [2.45, 2.75) is 26.3 Å². The van der Waals surface area contributed by atoms with Crippen molar-refractivity contribution in [1.29, 1.82) is 0 Å². The van der Waals surface area contributed by atoms with Crippen LogP contribution in [0, 0.1) is 6.92 Å². The molecule has 0 bridgehead atoms. The largest absolute Gasteiger partial charge is 0.369 e. The van der Waals surface area contributed by atoms with Crippen LogP contribution < -0.4 is 11.5 Å². The molecule has 1 heterocycles. The number of rotatable bonds is 2. The van der Waals surface area contributed by atoms with Crippen LogP contribution in [0.15, 0.2) is 18.2 Å². The summed E-state index contributed by atoms with van der Waals surface area (Å²) < 4.78 is 1.68. The Morgan fingerprint density at radius 1 is 1.41 bits per heavy atom. The van der Waals surface area contributed by atoms with Gasteiger partial charge in [-0.15, -0.1) is 0 Å². The lowest BCUT2D eigenvalue weighted by Gasteiger charge is -2.24. The fourth-order valence-electron chi connectivity index (χ4n) is 1.90. The van der Waals surface area contributed by atoms with Gasteiger partial charge in [0.25, 0.3) is 0 Å². The number of nitrogens with zero attached hydrogens (tertiary/aromatic N) is 2. The van der Waals surface area contributed by atoms with E-state index in [0.29, 0.717) is 5.95 Å². The monoisotopic (exact) mass is 232 g/mol. The molecule has 0 unspecified atom stereocenters. The lowest BCUT2D eigenvalue weighted by Crippen LogP contribution is -2.41. The zero-order chi connectivity index (χ0) is 12.8. The summed E-state index contributed by atoms with van der Waals surface area (Å²) in [4.78, 5) is 15.8. The second-order valence-corrected chi connectivity index (χ2v) is 4.72. The Kier molecular flexibility index (Phi) is 2.34. The molecule has 5 heteroatoms. The maximum absolute atomic E-state index is 11.5. The van der Waals surface area contributed by atoms with Gasteiger partial charge in [0.2, 0.25) is 11.9 Å². The number of anilines is 1. The van der Waals surface area contributed by atoms with E-state index in [9.17, 15) is 4.79 Å². The molecule has 1 amide bonds. The van der Waals surface area contributed by atoms with E-state index < -0.39 is 11.4 Å². The van der Waals surface area contributed by atoms with Gasteiger partial charge in [-0.3, -0.25) is 9.36 Å². The third-order valence-corrected chi connectivity index (χ3v) is 3.00. The van der Waals surface area contributed by atoms with Crippen molar-refractivity contribution in [3.05, 3.63) is 23.8 Å². The molecule has 0 radical (unpaired) electrons. The van der Waals surface area contributed by atoms with Gasteiger partial charge in [0.05, 0.1) is 11.0 Å². The summed E-state index contributed by atoms with van der Waals surface area (Å²) in [5, 5.41) is 0. The second kappa shape index (κ2) is 3.48. The highest BCUT2D eigenvalue weighted by Gasteiger charge is 2.30. The number of hydrogen-bond acceptors (Lipinski definition) is 3. The Labute approximate surface area is 99.4 Å². The van der Waals surface area contributed by atoms with Crippen LogP contribution in [0.5, 0.6) is 0 Å². The van der Waals surface area contributed by atoms with Gasteiger partial charge in [0, 0.05) is 0 Å². The SMILES string of the molecule is Cc1ccc2nc(N)n(C(C)(C)C(N)=O)c2c1. The summed E-state index contributed by atoms with van der Waals surface area (Å²) in [6, 6.07) is 5.79. The van der Waals surface area contributed by atoms with Crippen molar-refractivity contribution in [3.63, 3.8) is 0 Å². The van der Waals surface area contributed by atoms with E-state index in [1.54, 1.807) is 18.4 Å². The fraction of sp³-hybridized carbons (Fsp3) is 0.333. The minimum Gasteiger partial charge on any atom is -0.369 e. The molecular formula is C12H16N4O. The average molecular weight is 232 g/mol. The first-order valence-electron chi connectivity index (χ1n) is 5.39. The molecule has 0 saturated carbocycles. The Balaban J connectivity index is 2.80. The first kappa shape index (κ1) is 11.4. The van der Waals surface area contributed by atoms with Crippen molar-refractivity contribution < 1.29 is 4.79 Å². The predicted molar refractivity (Wildman–Crippen MR) is 67.4 cm³/mol. The van der Waals surface area contributed by atoms with Crippen LogP contribution in [0.1, 0.15) is 19.4 Å². The van der Waals surface area contributed by atoms with E-state index in [2.05, 4.69) is 4.98 Å². The number of amides is 1. The van der Waals surface area contributed by atoms with Crippen LogP contribution in [0.25, 0.3) is 11.0 Å². The molecule has 0 atom stereocenters. The van der Waals surface area contributed by atoms with Crippen molar-refractivity contribution in [1.82, 2.24) is 9.55 Å². The van der Waals surface area contributed by atoms with Gasteiger partial charge in [-0.1, -0.05) is 6.07 Å². The van der Waals surface area contributed by atoms with Crippen LogP contribution in [0.2, 0.25) is 0 Å². The number of nitrogens with two attached hydrogens (primary N) is 2. The quantitative estimate of drug-likeness (QED) is 0.814. The number of aromatic nitrogens is 2. The Hall–Kier alpha value is -2.04. The van der Waals surface area contributed by atoms with Crippen LogP contribution >= 0.6 is 0 Å². The minimum absolute atomic E-state index is 0.300. The smallest absolute Gasteiger partial charge is 0.243 e. The molecule has 1 aromatic carbocycles. The van der Waals surface area contributed by atoms with Crippen molar-refractivity contribution >= 4 is 22.9 Å². The number of hydrogen-bond donors (Lipinski definition) is 2. The number of carbonyl (C=O) groups is 1. The normalized spacial score (nSPS) is 11.9. The summed E-state index contributed by atoms with van der Waals surface area (Å²) in [7, 11) is 0. The Morgan fingerprint density at radius 3 is 2.65 bits per heavy atom. The van der Waals surface area contributed by atoms with Crippen molar-refractivity contribution in [2.75, 3.05) is 5.73 Å². The third kappa shape index (κ3) is 1.63. The molecule has 0 saturated heterocycles. The Morgan fingerprint density at radius 2 is 2.06 bits per heavy atom. The molecule has 5 nitrogen and oxygen atoms in total. The molecular weight excluding hydrogens is 216 g/mol. The van der Waals surface area contributed by atoms with Crippen LogP contribution in [0.3, 0.4) is 0 Å². The molecule has 0 spiro atoms. The van der Waals surface area contributed by atoms with Gasteiger partial charge in [-0.2, -0.15) is 0 Å². The molecule has 17 heavy (non-hydrogen) atoms. The number of fused-ring (bicyclic) bond motifs is 1. The molecule has 4 N–H and O–H groups in total. The van der Waals surface area contributed by atoms with Crippen LogP contribution in [0.4, 0.5) is 5.95 Å². The summed E-state index contributed by atoms with van der Waals surface area (Å²) in [5.41, 5.74) is 13.1. The summed E-state index contributed by atoms with van der Waals surface area (Å²) in [6.45, 7) is 5.44. The third-order valence-electron chi connectivity index (χ3n) is 3.00. The van der Waals surface area contributed by atoms with Gasteiger partial charge < -0.3 is 11.5 Å². The van der Waals surface area contributed by atoms with E-state index in [1.165, 1.54) is 0 Å². The molecule has 2 rings (SSSR count). The number of carbonyl (C=O) groups excluding carboxylic acids is 1. The molecule has 90 valence electrons. The van der Waals surface area contributed by atoms with Gasteiger partial charge in [-0.25, -0.2) is 4.98 Å². The number of aryl methyl sites for hydroxylation is 1. The highest BCUT2D eigenvalue weighted by molar-refractivity contribution is 5.87. The zero-order valence-corrected chi connectivity index (χ0v) is 10.2. The predicted octanol–water partition coefficient (Wildman–Crippen LogP) is 1.15. The number of primary amides is 1. The van der Waals surface area contributed by atoms with Gasteiger partial charge >= 0.3 is 0 Å². The standard InChI is InChI=1S/C12H16N4O/c1-7-4-5-8-9(6-7)16(11(14)15-8)12(2,3)10(13)17/h4-6H,1-3H3,(H2,13,17)(H2,14,15). The van der Waals surface area contributed by atoms with E-state index in [-0.39, 0.29) is 0 Å². The summed E-state index contributed by atoms with van der Waals surface area (Å²) >= 11 is 0.